The molecule has 3 rings (SSSR count). The lowest BCUT2D eigenvalue weighted by atomic mass is 9.94. The number of methoxy groups -OCH3 is 1. The van der Waals surface area contributed by atoms with Crippen LogP contribution in [0.4, 0.5) is 0 Å². The summed E-state index contributed by atoms with van der Waals surface area (Å²) in [6.07, 6.45) is 0.684. The molecule has 9 heteroatoms. The number of likely N-dealkylation sites (tertiary alicyclic amines) is 1. The zero-order chi connectivity index (χ0) is 25.9. The van der Waals surface area contributed by atoms with Crippen molar-refractivity contribution in [3.05, 3.63) is 62.9 Å². The van der Waals surface area contributed by atoms with Crippen LogP contribution < -0.4 is 10.0 Å². The number of carbonyl (C=O) groups excluding carboxylic acids is 3. The summed E-state index contributed by atoms with van der Waals surface area (Å²) in [6, 6.07) is 6.00. The number of amides is 1. The Kier molecular flexibility index (Phi) is 8.40. The number of ether oxygens (including phenoxy) is 1. The highest BCUT2D eigenvalue weighted by molar-refractivity contribution is 6.46. The zero-order valence-corrected chi connectivity index (χ0v) is 21.5. The van der Waals surface area contributed by atoms with Crippen LogP contribution in [0.3, 0.4) is 0 Å². The van der Waals surface area contributed by atoms with Crippen molar-refractivity contribution >= 4 is 35.0 Å². The predicted molar refractivity (Wildman–Crippen MR) is 131 cm³/mol. The zero-order valence-electron chi connectivity index (χ0n) is 20.8. The first-order valence-electron chi connectivity index (χ1n) is 11.8. The summed E-state index contributed by atoms with van der Waals surface area (Å²) < 4.78 is 4.80. The number of aromatic amines is 1. The average molecular weight is 502 g/mol. The SMILES string of the molecule is CC[NH+](CC)CCCN1C(=O)C(=O)/C(=C(/[O-])c2c(C)[nH]c(C(=O)OC)c2C)C1c1cccc(Cl)c1. The number of esters is 1. The number of aryl methyl sites for hydroxylation is 1. The third-order valence-electron chi connectivity index (χ3n) is 6.68. The van der Waals surface area contributed by atoms with Gasteiger partial charge in [0.05, 0.1) is 32.8 Å². The Labute approximate surface area is 210 Å². The van der Waals surface area contributed by atoms with Gasteiger partial charge in [-0.2, -0.15) is 0 Å². The van der Waals surface area contributed by atoms with Crippen LogP contribution in [0.2, 0.25) is 5.02 Å². The molecule has 0 spiro atoms. The van der Waals surface area contributed by atoms with Gasteiger partial charge in [-0.05, 0) is 56.5 Å². The van der Waals surface area contributed by atoms with Crippen molar-refractivity contribution in [3.63, 3.8) is 0 Å². The maximum absolute atomic E-state index is 13.8. The molecular weight excluding hydrogens is 470 g/mol. The lowest BCUT2D eigenvalue weighted by molar-refractivity contribution is -0.896. The van der Waals surface area contributed by atoms with Gasteiger partial charge in [0.15, 0.2) is 0 Å². The number of quaternary nitrogens is 1. The van der Waals surface area contributed by atoms with Crippen LogP contribution in [0.15, 0.2) is 29.8 Å². The standard InChI is InChI=1S/C26H32ClN3O5/c1-6-29(7-2)12-9-13-30-22(17-10-8-11-18(27)14-17)20(24(32)25(30)33)23(31)19-15(3)21(26(34)35-5)28-16(19)4/h8,10-11,14,22,28,31H,6-7,9,12-13H2,1-5H3/b23-20+. The lowest BCUT2D eigenvalue weighted by Gasteiger charge is -2.28. The molecule has 2 N–H and O–H groups in total. The molecule has 0 aliphatic carbocycles. The molecule has 1 aromatic carbocycles. The van der Waals surface area contributed by atoms with Crippen LogP contribution in [0.25, 0.3) is 5.76 Å². The second-order valence-electron chi connectivity index (χ2n) is 8.71. The van der Waals surface area contributed by atoms with Gasteiger partial charge in [0.25, 0.3) is 5.91 Å². The Balaban J connectivity index is 2.12. The van der Waals surface area contributed by atoms with E-state index < -0.39 is 29.5 Å². The Bertz CT molecular complexity index is 1170. The summed E-state index contributed by atoms with van der Waals surface area (Å²) in [5.74, 6) is -2.72. The summed E-state index contributed by atoms with van der Waals surface area (Å²) in [5.41, 5.74) is 1.60. The van der Waals surface area contributed by atoms with E-state index in [4.69, 9.17) is 16.3 Å². The van der Waals surface area contributed by atoms with Gasteiger partial charge < -0.3 is 24.6 Å². The number of hydrogen-bond donors (Lipinski definition) is 2. The minimum atomic E-state index is -0.858. The summed E-state index contributed by atoms with van der Waals surface area (Å²) in [6.45, 7) is 10.6. The first-order valence-corrected chi connectivity index (χ1v) is 12.2. The van der Waals surface area contributed by atoms with Crippen LogP contribution >= 0.6 is 11.6 Å². The average Bonchev–Trinajstić information content (AvgIpc) is 3.28. The van der Waals surface area contributed by atoms with Crippen molar-refractivity contribution in [2.75, 3.05) is 33.3 Å². The van der Waals surface area contributed by atoms with E-state index >= 15 is 0 Å². The van der Waals surface area contributed by atoms with Crippen molar-refractivity contribution in [1.29, 1.82) is 0 Å². The third-order valence-corrected chi connectivity index (χ3v) is 6.91. The number of nitrogens with one attached hydrogen (secondary N) is 2. The minimum absolute atomic E-state index is 0.130. The second-order valence-corrected chi connectivity index (χ2v) is 9.14. The van der Waals surface area contributed by atoms with Crippen molar-refractivity contribution < 1.29 is 29.1 Å². The number of benzene rings is 1. The van der Waals surface area contributed by atoms with E-state index in [-0.39, 0.29) is 16.8 Å². The second kappa shape index (κ2) is 11.1. The normalized spacial score (nSPS) is 17.5. The number of rotatable bonds is 9. The Morgan fingerprint density at radius 2 is 1.91 bits per heavy atom. The van der Waals surface area contributed by atoms with Gasteiger partial charge in [-0.15, -0.1) is 0 Å². The molecular formula is C26H32ClN3O5. The number of aromatic nitrogens is 1. The van der Waals surface area contributed by atoms with Crippen LogP contribution in [0.5, 0.6) is 0 Å². The van der Waals surface area contributed by atoms with E-state index in [1.807, 2.05) is 0 Å². The number of nitrogens with zero attached hydrogens (tertiary/aromatic N) is 1. The minimum Gasteiger partial charge on any atom is -0.872 e. The summed E-state index contributed by atoms with van der Waals surface area (Å²) in [7, 11) is 1.25. The van der Waals surface area contributed by atoms with Crippen molar-refractivity contribution in [2.45, 2.75) is 40.2 Å². The van der Waals surface area contributed by atoms with E-state index in [1.165, 1.54) is 16.9 Å². The van der Waals surface area contributed by atoms with Gasteiger partial charge in [-0.1, -0.05) is 29.5 Å². The fourth-order valence-corrected chi connectivity index (χ4v) is 4.96. The summed E-state index contributed by atoms with van der Waals surface area (Å²) >= 11 is 6.23. The molecule has 0 saturated carbocycles. The predicted octanol–water partition coefficient (Wildman–Crippen LogP) is 1.61. The number of ketones is 1. The third kappa shape index (κ3) is 5.13. The Hall–Kier alpha value is -3.10. The number of halogens is 1. The van der Waals surface area contributed by atoms with Crippen molar-refractivity contribution in [3.8, 4) is 0 Å². The maximum atomic E-state index is 13.8. The topological polar surface area (TPSA) is 107 Å². The maximum Gasteiger partial charge on any atom is 0.354 e. The van der Waals surface area contributed by atoms with Gasteiger partial charge >= 0.3 is 5.97 Å². The molecule has 188 valence electrons. The molecule has 1 atom stereocenters. The fourth-order valence-electron chi connectivity index (χ4n) is 4.76. The van der Waals surface area contributed by atoms with Gasteiger partial charge in [0.1, 0.15) is 5.69 Å². The monoisotopic (exact) mass is 501 g/mol. The highest BCUT2D eigenvalue weighted by atomic mass is 35.5. The molecule has 1 unspecified atom stereocenters. The Morgan fingerprint density at radius 3 is 2.51 bits per heavy atom. The van der Waals surface area contributed by atoms with E-state index in [1.54, 1.807) is 38.1 Å². The highest BCUT2D eigenvalue weighted by Crippen LogP contribution is 2.40. The fraction of sp³-hybridized carbons (Fsp3) is 0.423. The molecule has 1 aromatic heterocycles. The quantitative estimate of drug-likeness (QED) is 0.235. The molecule has 35 heavy (non-hydrogen) atoms. The lowest BCUT2D eigenvalue weighted by Crippen LogP contribution is -3.11. The first-order chi connectivity index (χ1) is 16.7. The van der Waals surface area contributed by atoms with Gasteiger partial charge in [0, 0.05) is 29.3 Å². The van der Waals surface area contributed by atoms with E-state index in [0.717, 1.165) is 19.6 Å². The number of carbonyl (C=O) groups is 3. The molecule has 8 nitrogen and oxygen atoms in total. The largest absolute Gasteiger partial charge is 0.872 e. The van der Waals surface area contributed by atoms with Crippen LogP contribution in [-0.2, 0) is 14.3 Å². The molecule has 0 radical (unpaired) electrons. The molecule has 1 amide bonds. The summed E-state index contributed by atoms with van der Waals surface area (Å²) in [4.78, 5) is 44.3. The van der Waals surface area contributed by atoms with Gasteiger partial charge in [-0.25, -0.2) is 4.79 Å². The van der Waals surface area contributed by atoms with Crippen LogP contribution in [0.1, 0.15) is 59.2 Å². The van der Waals surface area contributed by atoms with E-state index in [2.05, 4.69) is 18.8 Å². The first kappa shape index (κ1) is 26.5. The molecule has 1 saturated heterocycles. The van der Waals surface area contributed by atoms with Crippen molar-refractivity contribution in [1.82, 2.24) is 9.88 Å². The number of H-pyrrole nitrogens is 1. The molecule has 1 fully saturated rings. The van der Waals surface area contributed by atoms with E-state index in [0.29, 0.717) is 34.8 Å². The molecule has 2 aromatic rings. The Morgan fingerprint density at radius 1 is 1.23 bits per heavy atom. The molecule has 1 aliphatic heterocycles. The van der Waals surface area contributed by atoms with Gasteiger partial charge in [0.2, 0.25) is 5.78 Å². The molecule has 2 heterocycles. The van der Waals surface area contributed by atoms with Gasteiger partial charge in [-0.3, -0.25) is 9.59 Å². The number of Topliss-reactive ketones (excluding diaryl/α,β-unsaturated/α-hetero) is 1. The van der Waals surface area contributed by atoms with E-state index in [9.17, 15) is 19.5 Å². The van der Waals surface area contributed by atoms with Crippen molar-refractivity contribution in [2.24, 2.45) is 0 Å². The smallest absolute Gasteiger partial charge is 0.354 e. The molecule has 0 bridgehead atoms. The summed E-state index contributed by atoms with van der Waals surface area (Å²) in [5, 5.41) is 14.3. The van der Waals surface area contributed by atoms with Crippen LogP contribution in [-0.4, -0.2) is 60.8 Å². The molecule has 1 aliphatic rings. The highest BCUT2D eigenvalue weighted by Gasteiger charge is 2.44. The van der Waals surface area contributed by atoms with Crippen LogP contribution in [0, 0.1) is 13.8 Å². The number of hydrogen-bond acceptors (Lipinski definition) is 5.